The molecule has 1 amide bonds. The average molecular weight is 273 g/mol. The molecule has 7 nitrogen and oxygen atoms in total. The number of aryl methyl sites for hydroxylation is 1. The molecule has 0 aromatic carbocycles. The van der Waals surface area contributed by atoms with E-state index in [1.54, 1.807) is 12.1 Å². The SMILES string of the molecule is CCOc1ccc(C(=O)NCc2cc(C)ncn2)nn1. The first-order valence-electron chi connectivity index (χ1n) is 6.21. The maximum atomic E-state index is 11.9. The molecule has 0 aliphatic rings. The number of hydrogen-bond acceptors (Lipinski definition) is 6. The number of rotatable bonds is 5. The van der Waals surface area contributed by atoms with Crippen LogP contribution in [-0.4, -0.2) is 32.7 Å². The predicted molar refractivity (Wildman–Crippen MR) is 71.1 cm³/mol. The van der Waals surface area contributed by atoms with Crippen molar-refractivity contribution in [2.45, 2.75) is 20.4 Å². The standard InChI is InChI=1S/C13H15N5O2/c1-3-20-12-5-4-11(17-18-12)13(19)14-7-10-6-9(2)15-8-16-10/h4-6,8H,3,7H2,1-2H3,(H,14,19). The van der Waals surface area contributed by atoms with Gasteiger partial charge in [-0.15, -0.1) is 10.2 Å². The fourth-order valence-electron chi connectivity index (χ4n) is 1.53. The van der Waals surface area contributed by atoms with E-state index in [9.17, 15) is 4.79 Å². The number of nitrogens with one attached hydrogen (secondary N) is 1. The van der Waals surface area contributed by atoms with Crippen LogP contribution in [0.3, 0.4) is 0 Å². The summed E-state index contributed by atoms with van der Waals surface area (Å²) in [5.41, 5.74) is 1.83. The summed E-state index contributed by atoms with van der Waals surface area (Å²) in [5.74, 6) is 0.0901. The van der Waals surface area contributed by atoms with Crippen molar-refractivity contribution in [2.24, 2.45) is 0 Å². The van der Waals surface area contributed by atoms with Gasteiger partial charge >= 0.3 is 0 Å². The molecule has 0 fully saturated rings. The minimum atomic E-state index is -0.309. The largest absolute Gasteiger partial charge is 0.477 e. The summed E-state index contributed by atoms with van der Waals surface area (Å²) < 4.78 is 5.16. The first-order valence-corrected chi connectivity index (χ1v) is 6.21. The fourth-order valence-corrected chi connectivity index (χ4v) is 1.53. The molecule has 0 saturated carbocycles. The van der Waals surface area contributed by atoms with Crippen LogP contribution in [0.4, 0.5) is 0 Å². The zero-order chi connectivity index (χ0) is 14.4. The number of ether oxygens (including phenoxy) is 1. The molecule has 2 heterocycles. The van der Waals surface area contributed by atoms with Gasteiger partial charge in [-0.25, -0.2) is 9.97 Å². The monoisotopic (exact) mass is 273 g/mol. The smallest absolute Gasteiger partial charge is 0.272 e. The van der Waals surface area contributed by atoms with Crippen LogP contribution in [-0.2, 0) is 6.54 Å². The third-order valence-corrected chi connectivity index (χ3v) is 2.46. The van der Waals surface area contributed by atoms with E-state index in [4.69, 9.17) is 4.74 Å². The van der Waals surface area contributed by atoms with Crippen LogP contribution in [0, 0.1) is 6.92 Å². The highest BCUT2D eigenvalue weighted by atomic mass is 16.5. The van der Waals surface area contributed by atoms with Crippen molar-refractivity contribution in [3.05, 3.63) is 41.6 Å². The second kappa shape index (κ2) is 6.55. The Morgan fingerprint density at radius 3 is 2.80 bits per heavy atom. The third-order valence-electron chi connectivity index (χ3n) is 2.46. The summed E-state index contributed by atoms with van der Waals surface area (Å²) >= 11 is 0. The quantitative estimate of drug-likeness (QED) is 0.870. The highest BCUT2D eigenvalue weighted by Crippen LogP contribution is 2.04. The molecule has 2 aromatic heterocycles. The van der Waals surface area contributed by atoms with Gasteiger partial charge in [0.05, 0.1) is 18.8 Å². The summed E-state index contributed by atoms with van der Waals surface area (Å²) in [6.07, 6.45) is 1.47. The second-order valence-corrected chi connectivity index (χ2v) is 4.02. The molecule has 2 aromatic rings. The van der Waals surface area contributed by atoms with Crippen molar-refractivity contribution in [3.63, 3.8) is 0 Å². The van der Waals surface area contributed by atoms with E-state index < -0.39 is 0 Å². The van der Waals surface area contributed by atoms with Crippen LogP contribution >= 0.6 is 0 Å². The van der Waals surface area contributed by atoms with Crippen molar-refractivity contribution in [1.82, 2.24) is 25.5 Å². The predicted octanol–water partition coefficient (Wildman–Crippen LogP) is 0.904. The third kappa shape index (κ3) is 3.71. The molecule has 0 spiro atoms. The van der Waals surface area contributed by atoms with E-state index in [1.807, 2.05) is 19.9 Å². The highest BCUT2D eigenvalue weighted by Gasteiger charge is 2.08. The lowest BCUT2D eigenvalue weighted by Crippen LogP contribution is -2.24. The van der Waals surface area contributed by atoms with Crippen molar-refractivity contribution in [1.29, 1.82) is 0 Å². The van der Waals surface area contributed by atoms with Gasteiger partial charge in [0, 0.05) is 11.8 Å². The lowest BCUT2D eigenvalue weighted by Gasteiger charge is -2.05. The number of nitrogens with zero attached hydrogens (tertiary/aromatic N) is 4. The first kappa shape index (κ1) is 13.9. The van der Waals surface area contributed by atoms with Crippen LogP contribution in [0.2, 0.25) is 0 Å². The number of carbonyl (C=O) groups is 1. The van der Waals surface area contributed by atoms with Crippen molar-refractivity contribution in [2.75, 3.05) is 6.61 Å². The lowest BCUT2D eigenvalue weighted by atomic mass is 10.3. The molecule has 7 heteroatoms. The fraction of sp³-hybridized carbons (Fsp3) is 0.308. The molecule has 0 radical (unpaired) electrons. The van der Waals surface area contributed by atoms with Gasteiger partial charge in [-0.05, 0) is 26.0 Å². The maximum Gasteiger partial charge on any atom is 0.272 e. The molecule has 104 valence electrons. The Morgan fingerprint density at radius 2 is 2.15 bits per heavy atom. The van der Waals surface area contributed by atoms with Crippen LogP contribution in [0.25, 0.3) is 0 Å². The van der Waals surface area contributed by atoms with Crippen molar-refractivity contribution < 1.29 is 9.53 Å². The molecule has 0 saturated heterocycles. The van der Waals surface area contributed by atoms with E-state index in [-0.39, 0.29) is 11.6 Å². The molecule has 0 aliphatic carbocycles. The molecular formula is C13H15N5O2. The van der Waals surface area contributed by atoms with Crippen LogP contribution in [0.5, 0.6) is 5.88 Å². The van der Waals surface area contributed by atoms with Gasteiger partial charge in [0.2, 0.25) is 5.88 Å². The Morgan fingerprint density at radius 1 is 1.30 bits per heavy atom. The van der Waals surface area contributed by atoms with E-state index in [1.165, 1.54) is 6.33 Å². The number of amides is 1. The van der Waals surface area contributed by atoms with E-state index in [0.29, 0.717) is 19.0 Å². The summed E-state index contributed by atoms with van der Waals surface area (Å²) in [7, 11) is 0. The van der Waals surface area contributed by atoms with E-state index in [2.05, 4.69) is 25.5 Å². The Hall–Kier alpha value is -2.57. The van der Waals surface area contributed by atoms with Crippen LogP contribution < -0.4 is 10.1 Å². The van der Waals surface area contributed by atoms with Gasteiger partial charge in [-0.3, -0.25) is 4.79 Å². The Kier molecular flexibility index (Phi) is 4.54. The van der Waals surface area contributed by atoms with Gasteiger partial charge in [0.15, 0.2) is 5.69 Å². The molecule has 0 atom stereocenters. The second-order valence-electron chi connectivity index (χ2n) is 4.02. The molecule has 0 unspecified atom stereocenters. The zero-order valence-electron chi connectivity index (χ0n) is 11.3. The summed E-state index contributed by atoms with van der Waals surface area (Å²) in [6.45, 7) is 4.54. The van der Waals surface area contributed by atoms with E-state index in [0.717, 1.165) is 11.4 Å². The molecular weight excluding hydrogens is 258 g/mol. The topological polar surface area (TPSA) is 89.9 Å². The lowest BCUT2D eigenvalue weighted by molar-refractivity contribution is 0.0944. The van der Waals surface area contributed by atoms with Gasteiger partial charge in [-0.1, -0.05) is 0 Å². The van der Waals surface area contributed by atoms with Crippen LogP contribution in [0.15, 0.2) is 24.5 Å². The number of aromatic nitrogens is 4. The average Bonchev–Trinajstić information content (AvgIpc) is 2.46. The Labute approximate surface area is 116 Å². The zero-order valence-corrected chi connectivity index (χ0v) is 11.3. The van der Waals surface area contributed by atoms with Gasteiger partial charge < -0.3 is 10.1 Å². The molecule has 2 rings (SSSR count). The molecule has 0 bridgehead atoms. The minimum Gasteiger partial charge on any atom is -0.477 e. The normalized spacial score (nSPS) is 10.1. The van der Waals surface area contributed by atoms with Gasteiger partial charge in [-0.2, -0.15) is 0 Å². The Bertz CT molecular complexity index is 586. The maximum absolute atomic E-state index is 11.9. The number of hydrogen-bond donors (Lipinski definition) is 1. The summed E-state index contributed by atoms with van der Waals surface area (Å²) in [5, 5.41) is 10.3. The van der Waals surface area contributed by atoms with Crippen LogP contribution in [0.1, 0.15) is 28.8 Å². The van der Waals surface area contributed by atoms with Gasteiger partial charge in [0.1, 0.15) is 6.33 Å². The molecule has 0 aliphatic heterocycles. The summed E-state index contributed by atoms with van der Waals surface area (Å²) in [6, 6.07) is 4.99. The molecule has 1 N–H and O–H groups in total. The number of carbonyl (C=O) groups excluding carboxylic acids is 1. The van der Waals surface area contributed by atoms with Crippen molar-refractivity contribution in [3.8, 4) is 5.88 Å². The highest BCUT2D eigenvalue weighted by molar-refractivity contribution is 5.91. The minimum absolute atomic E-state index is 0.235. The first-order chi connectivity index (χ1) is 9.69. The van der Waals surface area contributed by atoms with Gasteiger partial charge in [0.25, 0.3) is 5.91 Å². The summed E-state index contributed by atoms with van der Waals surface area (Å²) in [4.78, 5) is 19.9. The van der Waals surface area contributed by atoms with Crippen molar-refractivity contribution >= 4 is 5.91 Å². The molecule has 20 heavy (non-hydrogen) atoms. The van der Waals surface area contributed by atoms with E-state index >= 15 is 0 Å². The Balaban J connectivity index is 1.94.